The minimum absolute atomic E-state index is 0.609. The molecule has 13 aromatic rings. The summed E-state index contributed by atoms with van der Waals surface area (Å²) in [4.78, 5) is 25.7. The van der Waals surface area contributed by atoms with Gasteiger partial charge in [0.05, 0.1) is 11.0 Å². The van der Waals surface area contributed by atoms with E-state index in [-0.39, 0.29) is 0 Å². The summed E-state index contributed by atoms with van der Waals surface area (Å²) in [6.45, 7) is 0. The van der Waals surface area contributed by atoms with E-state index in [1.165, 1.54) is 21.8 Å². The molecule has 294 valence electrons. The molecule has 0 saturated carbocycles. The Balaban J connectivity index is 0.938. The molecular formula is C55H32N6OS. The molecule has 0 N–H and O–H groups in total. The molecule has 0 radical (unpaired) electrons. The quantitative estimate of drug-likeness (QED) is 0.166. The molecule has 0 atom stereocenters. The van der Waals surface area contributed by atoms with E-state index in [9.17, 15) is 0 Å². The molecule has 0 bridgehead atoms. The summed E-state index contributed by atoms with van der Waals surface area (Å²) in [5.41, 5.74) is 11.1. The second-order valence-electron chi connectivity index (χ2n) is 15.6. The highest BCUT2D eigenvalue weighted by atomic mass is 32.1. The largest absolute Gasteiger partial charge is 0.452 e. The van der Waals surface area contributed by atoms with Gasteiger partial charge in [-0.2, -0.15) is 0 Å². The van der Waals surface area contributed by atoms with Crippen LogP contribution in [0.15, 0.2) is 199 Å². The highest BCUT2D eigenvalue weighted by Crippen LogP contribution is 2.43. The summed E-state index contributed by atoms with van der Waals surface area (Å²) in [5.74, 6) is 2.49. The summed E-state index contributed by atoms with van der Waals surface area (Å²) < 4.78 is 11.0. The highest BCUT2D eigenvalue weighted by Gasteiger charge is 2.21. The van der Waals surface area contributed by atoms with Gasteiger partial charge in [-0.15, -0.1) is 11.3 Å². The Bertz CT molecular complexity index is 3860. The van der Waals surface area contributed by atoms with Gasteiger partial charge in [-0.05, 0) is 60.7 Å². The van der Waals surface area contributed by atoms with E-state index in [0.29, 0.717) is 28.9 Å². The first kappa shape index (κ1) is 35.4. The zero-order chi connectivity index (χ0) is 41.4. The van der Waals surface area contributed by atoms with Gasteiger partial charge >= 0.3 is 0 Å². The van der Waals surface area contributed by atoms with Gasteiger partial charge in [0.2, 0.25) is 0 Å². The van der Waals surface area contributed by atoms with E-state index in [1.54, 1.807) is 11.3 Å². The monoisotopic (exact) mass is 824 g/mol. The normalized spacial score (nSPS) is 11.8. The first-order valence-corrected chi connectivity index (χ1v) is 21.6. The van der Waals surface area contributed by atoms with Crippen LogP contribution in [0.1, 0.15) is 0 Å². The van der Waals surface area contributed by atoms with Crippen molar-refractivity contribution in [3.8, 4) is 62.5 Å². The molecule has 8 heteroatoms. The van der Waals surface area contributed by atoms with Crippen LogP contribution in [-0.2, 0) is 0 Å². The van der Waals surface area contributed by atoms with Crippen LogP contribution >= 0.6 is 11.3 Å². The molecule has 7 nitrogen and oxygen atoms in total. The third-order valence-electron chi connectivity index (χ3n) is 11.9. The number of thiophene rings is 1. The fourth-order valence-corrected chi connectivity index (χ4v) is 10.1. The van der Waals surface area contributed by atoms with E-state index in [2.05, 4.69) is 132 Å². The van der Waals surface area contributed by atoms with Crippen LogP contribution < -0.4 is 0 Å². The molecule has 0 saturated heterocycles. The molecule has 5 heterocycles. The van der Waals surface area contributed by atoms with E-state index in [1.807, 2.05) is 66.7 Å². The maximum atomic E-state index is 6.41. The minimum atomic E-state index is 0.609. The van der Waals surface area contributed by atoms with Gasteiger partial charge in [0.15, 0.2) is 28.9 Å². The van der Waals surface area contributed by atoms with E-state index in [4.69, 9.17) is 29.3 Å². The van der Waals surface area contributed by atoms with Gasteiger partial charge in [-0.1, -0.05) is 133 Å². The molecule has 0 aliphatic heterocycles. The number of para-hydroxylation sites is 3. The molecule has 63 heavy (non-hydrogen) atoms. The van der Waals surface area contributed by atoms with Gasteiger partial charge in [-0.3, -0.25) is 0 Å². The lowest BCUT2D eigenvalue weighted by atomic mass is 10.0. The lowest BCUT2D eigenvalue weighted by molar-refractivity contribution is 0.667. The molecule has 8 aromatic carbocycles. The van der Waals surface area contributed by atoms with Gasteiger partial charge in [0.25, 0.3) is 0 Å². The average molecular weight is 825 g/mol. The van der Waals surface area contributed by atoms with Crippen LogP contribution in [0.5, 0.6) is 0 Å². The van der Waals surface area contributed by atoms with Crippen molar-refractivity contribution in [3.05, 3.63) is 194 Å². The summed E-state index contributed by atoms with van der Waals surface area (Å²) in [6, 6.07) is 66.9. The summed E-state index contributed by atoms with van der Waals surface area (Å²) in [6.07, 6.45) is 0. The number of furan rings is 1. The maximum absolute atomic E-state index is 6.41. The maximum Gasteiger partial charge on any atom is 0.180 e. The smallest absolute Gasteiger partial charge is 0.180 e. The number of nitrogens with zero attached hydrogens (tertiary/aromatic N) is 6. The van der Waals surface area contributed by atoms with Crippen LogP contribution in [0, 0.1) is 0 Å². The zero-order valence-electron chi connectivity index (χ0n) is 33.5. The van der Waals surface area contributed by atoms with E-state index < -0.39 is 0 Å². The van der Waals surface area contributed by atoms with Crippen molar-refractivity contribution in [2.75, 3.05) is 0 Å². The van der Waals surface area contributed by atoms with Crippen molar-refractivity contribution in [2.24, 2.45) is 0 Å². The van der Waals surface area contributed by atoms with Crippen molar-refractivity contribution in [1.82, 2.24) is 29.5 Å². The van der Waals surface area contributed by atoms with Crippen LogP contribution in [0.3, 0.4) is 0 Å². The SMILES string of the molecule is c1ccc(-c2nc(-c3ccc(-n4c5ccccc5c5ccccc54)cc3)nc(-c3ccc4c(c3)sc3cccc(-c5nc(-c6ccccc6)c6oc7ccccc7c6n5)c34)n2)cc1. The van der Waals surface area contributed by atoms with Gasteiger partial charge < -0.3 is 8.98 Å². The predicted octanol–water partition coefficient (Wildman–Crippen LogP) is 14.4. The molecule has 0 aliphatic rings. The van der Waals surface area contributed by atoms with Crippen LogP contribution in [-0.4, -0.2) is 29.5 Å². The summed E-state index contributed by atoms with van der Waals surface area (Å²) >= 11 is 1.74. The number of benzene rings is 8. The van der Waals surface area contributed by atoms with Gasteiger partial charge in [-0.25, -0.2) is 24.9 Å². The van der Waals surface area contributed by atoms with Crippen molar-refractivity contribution in [2.45, 2.75) is 0 Å². The Morgan fingerprint density at radius 3 is 1.70 bits per heavy atom. The Labute approximate surface area is 364 Å². The Kier molecular flexibility index (Phi) is 7.94. The summed E-state index contributed by atoms with van der Waals surface area (Å²) in [5, 5.41) is 5.66. The van der Waals surface area contributed by atoms with Gasteiger partial charge in [0.1, 0.15) is 16.8 Å². The first-order valence-electron chi connectivity index (χ1n) is 20.8. The Morgan fingerprint density at radius 2 is 0.984 bits per heavy atom. The first-order chi connectivity index (χ1) is 31.2. The van der Waals surface area contributed by atoms with Crippen molar-refractivity contribution in [3.63, 3.8) is 0 Å². The second-order valence-corrected chi connectivity index (χ2v) is 16.7. The van der Waals surface area contributed by atoms with E-state index >= 15 is 0 Å². The molecule has 0 spiro atoms. The lowest BCUT2D eigenvalue weighted by Crippen LogP contribution is -2.00. The molecule has 13 rings (SSSR count). The molecule has 5 aromatic heterocycles. The molecule has 0 unspecified atom stereocenters. The number of hydrogen-bond acceptors (Lipinski definition) is 7. The van der Waals surface area contributed by atoms with E-state index in [0.717, 1.165) is 75.9 Å². The topological polar surface area (TPSA) is 82.5 Å². The second kappa shape index (κ2) is 14.1. The van der Waals surface area contributed by atoms with Crippen LogP contribution in [0.2, 0.25) is 0 Å². The highest BCUT2D eigenvalue weighted by molar-refractivity contribution is 7.26. The fourth-order valence-electron chi connectivity index (χ4n) is 8.96. The number of aromatic nitrogens is 6. The van der Waals surface area contributed by atoms with Crippen LogP contribution in [0.4, 0.5) is 0 Å². The van der Waals surface area contributed by atoms with Crippen LogP contribution in [0.25, 0.3) is 127 Å². The van der Waals surface area contributed by atoms with Crippen molar-refractivity contribution >= 4 is 75.4 Å². The lowest BCUT2D eigenvalue weighted by Gasteiger charge is -2.11. The Hall–Kier alpha value is -8.33. The standard InChI is InChI=1S/C55H32N6OS/c1-3-14-33(15-4-1)49-51-50(40-20-9-12-24-45(40)62-51)57-55(56-49)42-21-13-25-46-48(42)41-31-28-36(32-47(41)63-46)54-59-52(34-16-5-2-6-17-34)58-53(60-54)35-26-29-37(30-27-35)61-43-22-10-7-18-38(43)39-19-8-11-23-44(39)61/h1-32H. The van der Waals surface area contributed by atoms with Crippen molar-refractivity contribution < 1.29 is 4.42 Å². The molecular weight excluding hydrogens is 793 g/mol. The third-order valence-corrected chi connectivity index (χ3v) is 13.0. The number of rotatable bonds is 6. The average Bonchev–Trinajstić information content (AvgIpc) is 4.04. The molecule has 0 fully saturated rings. The summed E-state index contributed by atoms with van der Waals surface area (Å²) in [7, 11) is 0. The number of fused-ring (bicyclic) bond motifs is 9. The fraction of sp³-hybridized carbons (Fsp3) is 0. The Morgan fingerprint density at radius 1 is 0.397 bits per heavy atom. The minimum Gasteiger partial charge on any atom is -0.452 e. The number of hydrogen-bond donors (Lipinski definition) is 0. The molecule has 0 amide bonds. The predicted molar refractivity (Wildman–Crippen MR) is 257 cm³/mol. The van der Waals surface area contributed by atoms with Gasteiger partial charge in [0, 0.05) is 69.8 Å². The third kappa shape index (κ3) is 5.76. The van der Waals surface area contributed by atoms with Crippen molar-refractivity contribution in [1.29, 1.82) is 0 Å². The zero-order valence-corrected chi connectivity index (χ0v) is 34.3. The molecule has 0 aliphatic carbocycles.